The maximum Gasteiger partial charge on any atom is 0.304 e. The molecule has 0 bridgehead atoms. The highest BCUT2D eigenvalue weighted by atomic mass is 32.2. The summed E-state index contributed by atoms with van der Waals surface area (Å²) in [5.74, 6) is -0.346. The lowest BCUT2D eigenvalue weighted by Crippen LogP contribution is -2.48. The van der Waals surface area contributed by atoms with Gasteiger partial charge in [0.25, 0.3) is 5.91 Å². The Balaban J connectivity index is 2.00. The van der Waals surface area contributed by atoms with Crippen molar-refractivity contribution in [2.45, 2.75) is 6.42 Å². The second kappa shape index (κ2) is 6.18. The molecule has 0 unspecified atom stereocenters. The molecule has 19 heavy (non-hydrogen) atoms. The number of hydrogen-bond donors (Lipinski definition) is 1. The van der Waals surface area contributed by atoms with Crippen molar-refractivity contribution in [3.05, 3.63) is 24.2 Å². The summed E-state index contributed by atoms with van der Waals surface area (Å²) in [6, 6.07) is 3.21. The van der Waals surface area contributed by atoms with E-state index in [1.807, 2.05) is 4.90 Å². The Morgan fingerprint density at radius 3 is 2.95 bits per heavy atom. The number of thioether (sulfide) groups is 1. The largest absolute Gasteiger partial charge is 0.481 e. The molecule has 1 N–H and O–H groups in total. The number of furan rings is 1. The van der Waals surface area contributed by atoms with Crippen LogP contribution in [0.15, 0.2) is 22.8 Å². The maximum absolute atomic E-state index is 12.1. The summed E-state index contributed by atoms with van der Waals surface area (Å²) in [4.78, 5) is 26.0. The van der Waals surface area contributed by atoms with Crippen LogP contribution in [-0.2, 0) is 4.79 Å². The van der Waals surface area contributed by atoms with Gasteiger partial charge < -0.3 is 9.52 Å². The van der Waals surface area contributed by atoms with Crippen molar-refractivity contribution in [1.29, 1.82) is 0 Å². The van der Waals surface area contributed by atoms with Crippen molar-refractivity contribution in [2.24, 2.45) is 0 Å². The first-order chi connectivity index (χ1) is 9.08. The van der Waals surface area contributed by atoms with E-state index in [-0.39, 0.29) is 18.1 Å². The predicted octanol–water partition coefficient (Wildman–Crippen LogP) is 1.45. The van der Waals surface area contributed by atoms with Crippen LogP contribution in [-0.4, -0.2) is 50.2 Å². The van der Waals surface area contributed by atoms with E-state index >= 15 is 0 Å². The topological polar surface area (TPSA) is 74.0 Å². The fourth-order valence-electron chi connectivity index (χ4n) is 1.59. The molecule has 0 aromatic carbocycles. The smallest absolute Gasteiger partial charge is 0.304 e. The molecular formula is C11H12N2O4S2. The third kappa shape index (κ3) is 3.55. The number of carbonyl (C=O) groups excluding carboxylic acids is 1. The minimum Gasteiger partial charge on any atom is -0.481 e. The van der Waals surface area contributed by atoms with E-state index in [0.717, 1.165) is 0 Å². The average molecular weight is 300 g/mol. The van der Waals surface area contributed by atoms with Gasteiger partial charge in [-0.2, -0.15) is 0 Å². The molecule has 0 atom stereocenters. The fourth-order valence-corrected chi connectivity index (χ4v) is 2.69. The second-order valence-corrected chi connectivity index (χ2v) is 5.51. The van der Waals surface area contributed by atoms with Crippen LogP contribution in [0.4, 0.5) is 0 Å². The summed E-state index contributed by atoms with van der Waals surface area (Å²) < 4.78 is 5.54. The van der Waals surface area contributed by atoms with E-state index in [4.69, 9.17) is 21.7 Å². The predicted molar refractivity (Wildman–Crippen MR) is 73.8 cm³/mol. The van der Waals surface area contributed by atoms with E-state index in [2.05, 4.69) is 0 Å². The van der Waals surface area contributed by atoms with Gasteiger partial charge in [-0.1, -0.05) is 24.0 Å². The highest BCUT2D eigenvalue weighted by molar-refractivity contribution is 8.23. The molecule has 1 amide bonds. The minimum atomic E-state index is -0.859. The zero-order valence-corrected chi connectivity index (χ0v) is 11.6. The number of carboxylic acid groups (broad SMARTS) is 1. The first-order valence-electron chi connectivity index (χ1n) is 5.54. The molecule has 8 heteroatoms. The van der Waals surface area contributed by atoms with Crippen molar-refractivity contribution in [2.75, 3.05) is 19.1 Å². The Labute approximate surface area is 119 Å². The van der Waals surface area contributed by atoms with Crippen LogP contribution in [0.2, 0.25) is 0 Å². The van der Waals surface area contributed by atoms with Crippen LogP contribution >= 0.6 is 24.0 Å². The number of hydrogen-bond acceptors (Lipinski definition) is 6. The molecule has 1 aromatic heterocycles. The van der Waals surface area contributed by atoms with Crippen molar-refractivity contribution < 1.29 is 19.1 Å². The van der Waals surface area contributed by atoms with Gasteiger partial charge in [-0.3, -0.25) is 19.4 Å². The number of rotatable bonds is 4. The van der Waals surface area contributed by atoms with Crippen LogP contribution in [0.5, 0.6) is 0 Å². The molecule has 1 fully saturated rings. The molecule has 1 aliphatic heterocycles. The zero-order chi connectivity index (χ0) is 13.8. The Bertz CT molecular complexity index is 489. The molecule has 6 nitrogen and oxygen atoms in total. The number of aliphatic carboxylic acids is 1. The van der Waals surface area contributed by atoms with Gasteiger partial charge in [0, 0.05) is 6.54 Å². The molecule has 1 aromatic rings. The van der Waals surface area contributed by atoms with Gasteiger partial charge in [0.2, 0.25) is 0 Å². The summed E-state index contributed by atoms with van der Waals surface area (Å²) in [5, 5.41) is 8.67. The van der Waals surface area contributed by atoms with E-state index in [1.54, 1.807) is 12.1 Å². The molecule has 1 saturated heterocycles. The maximum atomic E-state index is 12.1. The minimum absolute atomic E-state index is 0.0378. The van der Waals surface area contributed by atoms with Crippen LogP contribution in [0.3, 0.4) is 0 Å². The van der Waals surface area contributed by atoms with Gasteiger partial charge in [-0.25, -0.2) is 0 Å². The Morgan fingerprint density at radius 2 is 2.32 bits per heavy atom. The molecular weight excluding hydrogens is 288 g/mol. The molecule has 2 rings (SSSR count). The third-order valence-electron chi connectivity index (χ3n) is 2.55. The van der Waals surface area contributed by atoms with Gasteiger partial charge in [-0.05, 0) is 12.1 Å². The average Bonchev–Trinajstić information content (AvgIpc) is 2.90. The number of nitrogens with zero attached hydrogens (tertiary/aromatic N) is 2. The van der Waals surface area contributed by atoms with Crippen molar-refractivity contribution in [3.63, 3.8) is 0 Å². The number of carbonyl (C=O) groups is 2. The Kier molecular flexibility index (Phi) is 4.56. The van der Waals surface area contributed by atoms with Crippen LogP contribution < -0.4 is 0 Å². The fraction of sp³-hybridized carbons (Fsp3) is 0.364. The highest BCUT2D eigenvalue weighted by Crippen LogP contribution is 2.21. The van der Waals surface area contributed by atoms with E-state index < -0.39 is 5.97 Å². The SMILES string of the molecule is O=C(O)CCN1CSC(=S)N(C(=O)c2ccco2)C1. The Hall–Kier alpha value is -1.38. The monoisotopic (exact) mass is 300 g/mol. The summed E-state index contributed by atoms with van der Waals surface area (Å²) >= 11 is 6.49. The summed E-state index contributed by atoms with van der Waals surface area (Å²) in [7, 11) is 0. The molecule has 0 spiro atoms. The normalized spacial score (nSPS) is 16.6. The lowest BCUT2D eigenvalue weighted by Gasteiger charge is -2.34. The van der Waals surface area contributed by atoms with Crippen molar-refractivity contribution in [1.82, 2.24) is 9.80 Å². The number of amides is 1. The van der Waals surface area contributed by atoms with Gasteiger partial charge in [0.1, 0.15) is 4.32 Å². The number of thiocarbonyl (C=S) groups is 1. The molecule has 0 radical (unpaired) electrons. The van der Waals surface area contributed by atoms with Crippen LogP contribution in [0, 0.1) is 0 Å². The molecule has 0 saturated carbocycles. The van der Waals surface area contributed by atoms with E-state index in [0.29, 0.717) is 23.4 Å². The standard InChI is InChI=1S/C11H12N2O4S2/c14-9(15)3-4-12-6-13(11(18)19-7-12)10(16)8-2-1-5-17-8/h1-2,5H,3-4,6-7H2,(H,14,15). The van der Waals surface area contributed by atoms with E-state index in [9.17, 15) is 9.59 Å². The van der Waals surface area contributed by atoms with Gasteiger partial charge in [-0.15, -0.1) is 0 Å². The lowest BCUT2D eigenvalue weighted by molar-refractivity contribution is -0.137. The highest BCUT2D eigenvalue weighted by Gasteiger charge is 2.28. The van der Waals surface area contributed by atoms with Crippen LogP contribution in [0.25, 0.3) is 0 Å². The third-order valence-corrected chi connectivity index (χ3v) is 4.09. The summed E-state index contributed by atoms with van der Waals surface area (Å²) in [5.41, 5.74) is 0. The quantitative estimate of drug-likeness (QED) is 0.843. The summed E-state index contributed by atoms with van der Waals surface area (Å²) in [6.45, 7) is 0.672. The van der Waals surface area contributed by atoms with Crippen LogP contribution in [0.1, 0.15) is 17.0 Å². The zero-order valence-electron chi connectivity index (χ0n) is 9.94. The van der Waals surface area contributed by atoms with Crippen molar-refractivity contribution >= 4 is 40.2 Å². The van der Waals surface area contributed by atoms with Gasteiger partial charge >= 0.3 is 5.97 Å². The first kappa shape index (κ1) is 14.0. The van der Waals surface area contributed by atoms with Gasteiger partial charge in [0.15, 0.2) is 5.76 Å². The molecule has 102 valence electrons. The number of carboxylic acids is 1. The van der Waals surface area contributed by atoms with E-state index in [1.165, 1.54) is 22.9 Å². The molecule has 2 heterocycles. The lowest BCUT2D eigenvalue weighted by atomic mass is 10.4. The Morgan fingerprint density at radius 1 is 1.53 bits per heavy atom. The molecule has 1 aliphatic rings. The molecule has 0 aliphatic carbocycles. The van der Waals surface area contributed by atoms with Gasteiger partial charge in [0.05, 0.1) is 25.2 Å². The summed E-state index contributed by atoms with van der Waals surface area (Å²) in [6.07, 6.45) is 1.46. The second-order valence-electron chi connectivity index (χ2n) is 3.93. The first-order valence-corrected chi connectivity index (χ1v) is 6.93. The van der Waals surface area contributed by atoms with Crippen molar-refractivity contribution in [3.8, 4) is 0 Å².